The van der Waals surface area contributed by atoms with Gasteiger partial charge in [0, 0.05) is 18.1 Å². The van der Waals surface area contributed by atoms with E-state index in [1.807, 2.05) is 12.1 Å². The lowest BCUT2D eigenvalue weighted by atomic mass is 10.1. The minimum absolute atomic E-state index is 0.289. The first-order valence-electron chi connectivity index (χ1n) is 6.91. The van der Waals surface area contributed by atoms with Crippen LogP contribution in [0.3, 0.4) is 0 Å². The molecule has 118 valence electrons. The molecule has 0 fully saturated rings. The van der Waals surface area contributed by atoms with Gasteiger partial charge in [-0.05, 0) is 24.1 Å². The second kappa shape index (κ2) is 8.55. The zero-order valence-corrected chi connectivity index (χ0v) is 14.0. The number of anilines is 2. The molecule has 0 bridgehead atoms. The summed E-state index contributed by atoms with van der Waals surface area (Å²) in [5.41, 5.74) is 7.60. The van der Waals surface area contributed by atoms with Crippen molar-refractivity contribution < 1.29 is 9.47 Å². The Morgan fingerprint density at radius 3 is 2.73 bits per heavy atom. The summed E-state index contributed by atoms with van der Waals surface area (Å²) in [4.78, 5) is 8.28. The lowest BCUT2D eigenvalue weighted by Gasteiger charge is -2.10. The highest BCUT2D eigenvalue weighted by Crippen LogP contribution is 2.17. The van der Waals surface area contributed by atoms with Gasteiger partial charge in [-0.15, -0.1) is 0 Å². The number of nitrogens with two attached hydrogens (primary N) is 1. The first-order valence-corrected chi connectivity index (χ1v) is 7.71. The molecule has 0 spiro atoms. The predicted molar refractivity (Wildman–Crippen MR) is 90.2 cm³/mol. The van der Waals surface area contributed by atoms with Crippen molar-refractivity contribution in [2.75, 3.05) is 37.9 Å². The maximum absolute atomic E-state index is 5.87. The first kappa shape index (κ1) is 16.5. The van der Waals surface area contributed by atoms with Gasteiger partial charge in [-0.25, -0.2) is 4.98 Å². The minimum atomic E-state index is 0.289. The second-order valence-electron chi connectivity index (χ2n) is 4.60. The van der Waals surface area contributed by atoms with Crippen LogP contribution in [-0.4, -0.2) is 36.8 Å². The molecule has 3 N–H and O–H groups in total. The zero-order chi connectivity index (χ0) is 15.8. The Morgan fingerprint density at radius 1 is 1.23 bits per heavy atom. The standard InChI is InChI=1S/C15H19BrN4O2/c1-21-8-9-22-15-19-10-13(17)14(20-15)18-7-6-11-2-4-12(16)5-3-11/h2-5,10H,6-9,17H2,1H3,(H,18,19,20). The molecule has 0 aliphatic carbocycles. The molecule has 0 unspecified atom stereocenters. The molecule has 2 rings (SSSR count). The monoisotopic (exact) mass is 366 g/mol. The van der Waals surface area contributed by atoms with Gasteiger partial charge in [0.25, 0.3) is 0 Å². The minimum Gasteiger partial charge on any atom is -0.461 e. The summed E-state index contributed by atoms with van der Waals surface area (Å²) in [6, 6.07) is 8.49. The van der Waals surface area contributed by atoms with E-state index < -0.39 is 0 Å². The molecule has 1 aromatic heterocycles. The summed E-state index contributed by atoms with van der Waals surface area (Å²) < 4.78 is 11.4. The van der Waals surface area contributed by atoms with Gasteiger partial charge in [0.05, 0.1) is 18.5 Å². The second-order valence-corrected chi connectivity index (χ2v) is 5.52. The highest BCUT2D eigenvalue weighted by molar-refractivity contribution is 9.10. The Morgan fingerprint density at radius 2 is 2.00 bits per heavy atom. The van der Waals surface area contributed by atoms with E-state index in [0.717, 1.165) is 17.4 Å². The Hall–Kier alpha value is -1.86. The quantitative estimate of drug-likeness (QED) is 0.698. The van der Waals surface area contributed by atoms with Crippen LogP contribution in [0.4, 0.5) is 11.5 Å². The van der Waals surface area contributed by atoms with E-state index in [1.165, 1.54) is 11.8 Å². The molecule has 0 amide bonds. The van der Waals surface area contributed by atoms with Gasteiger partial charge in [-0.1, -0.05) is 28.1 Å². The SMILES string of the molecule is COCCOc1ncc(N)c(NCCc2ccc(Br)cc2)n1. The average Bonchev–Trinajstić information content (AvgIpc) is 2.52. The normalized spacial score (nSPS) is 10.5. The topological polar surface area (TPSA) is 82.3 Å². The number of rotatable bonds is 8. The number of benzene rings is 1. The van der Waals surface area contributed by atoms with Gasteiger partial charge < -0.3 is 20.5 Å². The molecule has 0 radical (unpaired) electrons. The van der Waals surface area contributed by atoms with Crippen molar-refractivity contribution in [1.29, 1.82) is 0 Å². The maximum Gasteiger partial charge on any atom is 0.318 e. The largest absolute Gasteiger partial charge is 0.461 e. The fourth-order valence-corrected chi connectivity index (χ4v) is 2.04. The highest BCUT2D eigenvalue weighted by atomic mass is 79.9. The lowest BCUT2D eigenvalue weighted by Crippen LogP contribution is -2.11. The molecule has 0 aliphatic heterocycles. The summed E-state index contributed by atoms with van der Waals surface area (Å²) in [5.74, 6) is 0.583. The molecular weight excluding hydrogens is 348 g/mol. The number of hydrogen-bond acceptors (Lipinski definition) is 6. The zero-order valence-electron chi connectivity index (χ0n) is 12.4. The van der Waals surface area contributed by atoms with Gasteiger partial charge in [-0.2, -0.15) is 4.98 Å². The lowest BCUT2D eigenvalue weighted by molar-refractivity contribution is 0.141. The molecule has 0 saturated heterocycles. The van der Waals surface area contributed by atoms with E-state index in [2.05, 4.69) is 43.3 Å². The molecule has 0 saturated carbocycles. The van der Waals surface area contributed by atoms with E-state index in [0.29, 0.717) is 24.7 Å². The summed E-state index contributed by atoms with van der Waals surface area (Å²) >= 11 is 3.42. The number of nitrogens with one attached hydrogen (secondary N) is 1. The smallest absolute Gasteiger partial charge is 0.318 e. The van der Waals surface area contributed by atoms with E-state index in [-0.39, 0.29) is 6.01 Å². The van der Waals surface area contributed by atoms with Crippen LogP contribution < -0.4 is 15.8 Å². The fraction of sp³-hybridized carbons (Fsp3) is 0.333. The predicted octanol–water partition coefficient (Wildman–Crippen LogP) is 2.50. The van der Waals surface area contributed by atoms with Crippen LogP contribution in [0.1, 0.15) is 5.56 Å². The number of nitrogens with zero attached hydrogens (tertiary/aromatic N) is 2. The van der Waals surface area contributed by atoms with Crippen molar-refractivity contribution in [2.45, 2.75) is 6.42 Å². The van der Waals surface area contributed by atoms with E-state index in [4.69, 9.17) is 15.2 Å². The Bertz CT molecular complexity index is 593. The first-order chi connectivity index (χ1) is 10.7. The van der Waals surface area contributed by atoms with Gasteiger partial charge in [-0.3, -0.25) is 0 Å². The number of nitrogen functional groups attached to an aromatic ring is 1. The molecule has 1 aromatic carbocycles. The number of halogens is 1. The van der Waals surface area contributed by atoms with Crippen molar-refractivity contribution in [3.8, 4) is 6.01 Å². The molecule has 2 aromatic rings. The highest BCUT2D eigenvalue weighted by Gasteiger charge is 2.05. The van der Waals surface area contributed by atoms with Crippen LogP contribution >= 0.6 is 15.9 Å². The van der Waals surface area contributed by atoms with Crippen LogP contribution in [0.2, 0.25) is 0 Å². The van der Waals surface area contributed by atoms with Crippen molar-refractivity contribution in [3.63, 3.8) is 0 Å². The third-order valence-corrected chi connectivity index (χ3v) is 3.46. The number of hydrogen-bond donors (Lipinski definition) is 2. The third kappa shape index (κ3) is 5.16. The van der Waals surface area contributed by atoms with Crippen LogP contribution in [-0.2, 0) is 11.2 Å². The van der Waals surface area contributed by atoms with Crippen molar-refractivity contribution in [2.24, 2.45) is 0 Å². The Kier molecular flexibility index (Phi) is 6.42. The van der Waals surface area contributed by atoms with Gasteiger partial charge in [0.1, 0.15) is 6.61 Å². The Labute approximate surface area is 138 Å². The van der Waals surface area contributed by atoms with E-state index >= 15 is 0 Å². The molecular formula is C15H19BrN4O2. The van der Waals surface area contributed by atoms with Crippen LogP contribution in [0, 0.1) is 0 Å². The summed E-state index contributed by atoms with van der Waals surface area (Å²) in [6.45, 7) is 1.61. The van der Waals surface area contributed by atoms with Crippen molar-refractivity contribution in [3.05, 3.63) is 40.5 Å². The average molecular weight is 367 g/mol. The van der Waals surface area contributed by atoms with Gasteiger partial charge >= 0.3 is 6.01 Å². The van der Waals surface area contributed by atoms with Crippen molar-refractivity contribution in [1.82, 2.24) is 9.97 Å². The van der Waals surface area contributed by atoms with E-state index in [1.54, 1.807) is 7.11 Å². The number of aromatic nitrogens is 2. The maximum atomic E-state index is 5.87. The van der Waals surface area contributed by atoms with Crippen LogP contribution in [0.15, 0.2) is 34.9 Å². The summed E-state index contributed by atoms with van der Waals surface area (Å²) in [6.07, 6.45) is 2.41. The van der Waals surface area contributed by atoms with Crippen LogP contribution in [0.25, 0.3) is 0 Å². The van der Waals surface area contributed by atoms with Crippen LogP contribution in [0.5, 0.6) is 6.01 Å². The third-order valence-electron chi connectivity index (χ3n) is 2.93. The number of methoxy groups -OCH3 is 1. The molecule has 0 atom stereocenters. The van der Waals surface area contributed by atoms with E-state index in [9.17, 15) is 0 Å². The molecule has 6 nitrogen and oxygen atoms in total. The summed E-state index contributed by atoms with van der Waals surface area (Å²) in [7, 11) is 1.61. The number of ether oxygens (including phenoxy) is 2. The summed E-state index contributed by atoms with van der Waals surface area (Å²) in [5, 5.41) is 3.21. The van der Waals surface area contributed by atoms with Crippen molar-refractivity contribution >= 4 is 27.4 Å². The van der Waals surface area contributed by atoms with Gasteiger partial charge in [0.2, 0.25) is 0 Å². The Balaban J connectivity index is 1.88. The molecule has 7 heteroatoms. The molecule has 0 aliphatic rings. The fourth-order valence-electron chi connectivity index (χ4n) is 1.78. The molecule has 22 heavy (non-hydrogen) atoms. The van der Waals surface area contributed by atoms with Gasteiger partial charge in [0.15, 0.2) is 5.82 Å². The molecule has 1 heterocycles.